The number of hydrogen-bond acceptors (Lipinski definition) is 3. The quantitative estimate of drug-likeness (QED) is 0.514. The lowest BCUT2D eigenvalue weighted by molar-refractivity contribution is 0.0529. The largest absolute Gasteiger partial charge is 0.508 e. The van der Waals surface area contributed by atoms with Crippen LogP contribution in [0.3, 0.4) is 0 Å². The van der Waals surface area contributed by atoms with Crippen molar-refractivity contribution in [3.05, 3.63) is 0 Å². The minimum Gasteiger partial charge on any atom is -0.434 e. The molecule has 0 unspecified atom stereocenters. The highest BCUT2D eigenvalue weighted by molar-refractivity contribution is 5.59. The molecule has 1 fully saturated rings. The highest BCUT2D eigenvalue weighted by Gasteiger charge is 2.03. The zero-order valence-electron chi connectivity index (χ0n) is 13.7. The second kappa shape index (κ2) is 14.2. The predicted octanol–water partition coefficient (Wildman–Crippen LogP) is 6.00. The van der Waals surface area contributed by atoms with Gasteiger partial charge < -0.3 is 9.47 Å². The van der Waals surface area contributed by atoms with E-state index in [1.165, 1.54) is 70.6 Å². The molecule has 3 nitrogen and oxygen atoms in total. The van der Waals surface area contributed by atoms with Gasteiger partial charge in [-0.15, -0.1) is 0 Å². The molecule has 1 aliphatic rings. The minimum atomic E-state index is -0.482. The van der Waals surface area contributed by atoms with Gasteiger partial charge in [-0.05, 0) is 12.8 Å². The van der Waals surface area contributed by atoms with Crippen molar-refractivity contribution in [2.45, 2.75) is 96.3 Å². The summed E-state index contributed by atoms with van der Waals surface area (Å²) in [6, 6.07) is 0. The van der Waals surface area contributed by atoms with Gasteiger partial charge in [0.05, 0.1) is 13.2 Å². The van der Waals surface area contributed by atoms with Crippen molar-refractivity contribution in [2.24, 2.45) is 0 Å². The molecular weight excluding hydrogens is 264 g/mol. The van der Waals surface area contributed by atoms with Crippen LogP contribution in [0.25, 0.3) is 0 Å². The molecule has 124 valence electrons. The number of ether oxygens (including phenoxy) is 2. The Balaban J connectivity index is 2.09. The third-order valence-corrected chi connectivity index (χ3v) is 4.23. The summed E-state index contributed by atoms with van der Waals surface area (Å²) in [5.74, 6) is 0. The molecule has 3 heteroatoms. The van der Waals surface area contributed by atoms with Gasteiger partial charge in [0.2, 0.25) is 0 Å². The van der Waals surface area contributed by atoms with Gasteiger partial charge in [0.15, 0.2) is 0 Å². The fraction of sp³-hybridized carbons (Fsp3) is 0.944. The molecule has 0 aromatic carbocycles. The Morgan fingerprint density at radius 3 is 0.952 bits per heavy atom. The first kappa shape index (κ1) is 18.3. The van der Waals surface area contributed by atoms with Gasteiger partial charge in [0, 0.05) is 0 Å². The number of rotatable bonds is 0. The van der Waals surface area contributed by atoms with Gasteiger partial charge in [-0.1, -0.05) is 83.5 Å². The van der Waals surface area contributed by atoms with Crippen LogP contribution in [-0.2, 0) is 9.47 Å². The number of cyclic esters (lactones) is 2. The van der Waals surface area contributed by atoms with Gasteiger partial charge in [-0.25, -0.2) is 4.79 Å². The van der Waals surface area contributed by atoms with Crippen LogP contribution in [0, 0.1) is 0 Å². The molecule has 0 amide bonds. The second-order valence-corrected chi connectivity index (χ2v) is 6.25. The summed E-state index contributed by atoms with van der Waals surface area (Å²) in [6.07, 6.45) is 18.7. The fourth-order valence-electron chi connectivity index (χ4n) is 2.85. The molecule has 1 rings (SSSR count). The maximum Gasteiger partial charge on any atom is 0.508 e. The number of carbonyl (C=O) groups excluding carboxylic acids is 1. The molecule has 0 N–H and O–H groups in total. The molecule has 0 atom stereocenters. The molecule has 1 heterocycles. The van der Waals surface area contributed by atoms with Gasteiger partial charge >= 0.3 is 6.16 Å². The monoisotopic (exact) mass is 298 g/mol. The maximum absolute atomic E-state index is 11.3. The number of hydrogen-bond donors (Lipinski definition) is 0. The zero-order chi connectivity index (χ0) is 15.0. The molecule has 0 bridgehead atoms. The molecule has 0 radical (unpaired) electrons. The fourth-order valence-corrected chi connectivity index (χ4v) is 2.85. The van der Waals surface area contributed by atoms with Gasteiger partial charge in [0.25, 0.3) is 0 Å². The summed E-state index contributed by atoms with van der Waals surface area (Å²) in [6.45, 7) is 1.03. The van der Waals surface area contributed by atoms with E-state index in [1.807, 2.05) is 0 Å². The van der Waals surface area contributed by atoms with E-state index >= 15 is 0 Å². The summed E-state index contributed by atoms with van der Waals surface area (Å²) < 4.78 is 10.1. The molecule has 0 aromatic heterocycles. The minimum absolute atomic E-state index is 0.482. The molecule has 1 saturated heterocycles. The van der Waals surface area contributed by atoms with Gasteiger partial charge in [0.1, 0.15) is 0 Å². The highest BCUT2D eigenvalue weighted by Crippen LogP contribution is 2.13. The third kappa shape index (κ3) is 12.7. The van der Waals surface area contributed by atoms with Crippen molar-refractivity contribution in [2.75, 3.05) is 13.2 Å². The van der Waals surface area contributed by atoms with E-state index in [9.17, 15) is 4.79 Å². The lowest BCUT2D eigenvalue weighted by atomic mass is 10.0. The first-order valence-corrected chi connectivity index (χ1v) is 9.19. The Bertz CT molecular complexity index is 219. The summed E-state index contributed by atoms with van der Waals surface area (Å²) in [7, 11) is 0. The van der Waals surface area contributed by atoms with Crippen LogP contribution < -0.4 is 0 Å². The van der Waals surface area contributed by atoms with E-state index in [1.54, 1.807) is 0 Å². The standard InChI is InChI=1S/C18H34O3/c19-18-20-16-14-12-10-8-6-4-2-1-3-5-7-9-11-13-15-17-21-18/h1-17H2. The Labute approximate surface area is 130 Å². The molecular formula is C18H34O3. The van der Waals surface area contributed by atoms with Crippen molar-refractivity contribution < 1.29 is 14.3 Å². The van der Waals surface area contributed by atoms with Crippen LogP contribution in [0.5, 0.6) is 0 Å². The summed E-state index contributed by atoms with van der Waals surface area (Å²) >= 11 is 0. The van der Waals surface area contributed by atoms with Crippen LogP contribution in [0.15, 0.2) is 0 Å². The first-order valence-electron chi connectivity index (χ1n) is 9.19. The SMILES string of the molecule is O=C1OCCCCCCCCCCCCCCCCCO1. The van der Waals surface area contributed by atoms with Crippen molar-refractivity contribution in [3.8, 4) is 0 Å². The van der Waals surface area contributed by atoms with Crippen molar-refractivity contribution in [1.29, 1.82) is 0 Å². The Kier molecular flexibility index (Phi) is 12.4. The van der Waals surface area contributed by atoms with E-state index in [-0.39, 0.29) is 0 Å². The van der Waals surface area contributed by atoms with Gasteiger partial charge in [-0.3, -0.25) is 0 Å². The molecule has 0 aromatic rings. The van der Waals surface area contributed by atoms with Crippen LogP contribution in [0.4, 0.5) is 4.79 Å². The van der Waals surface area contributed by atoms with Crippen LogP contribution in [0.2, 0.25) is 0 Å². The van der Waals surface area contributed by atoms with Gasteiger partial charge in [-0.2, -0.15) is 0 Å². The molecule has 21 heavy (non-hydrogen) atoms. The van der Waals surface area contributed by atoms with E-state index < -0.39 is 6.16 Å². The van der Waals surface area contributed by atoms with Crippen molar-refractivity contribution >= 4 is 6.16 Å². The van der Waals surface area contributed by atoms with Crippen molar-refractivity contribution in [3.63, 3.8) is 0 Å². The second-order valence-electron chi connectivity index (χ2n) is 6.25. The molecule has 1 aliphatic heterocycles. The summed E-state index contributed by atoms with van der Waals surface area (Å²) in [5.41, 5.74) is 0. The Hall–Kier alpha value is -0.730. The average Bonchev–Trinajstić information content (AvgIpc) is 2.48. The topological polar surface area (TPSA) is 35.5 Å². The molecule has 0 spiro atoms. The zero-order valence-corrected chi connectivity index (χ0v) is 13.7. The third-order valence-electron chi connectivity index (χ3n) is 4.23. The lowest BCUT2D eigenvalue weighted by Gasteiger charge is -2.07. The predicted molar refractivity (Wildman–Crippen MR) is 86.6 cm³/mol. The van der Waals surface area contributed by atoms with E-state index in [0.29, 0.717) is 13.2 Å². The summed E-state index contributed by atoms with van der Waals surface area (Å²) in [4.78, 5) is 11.3. The highest BCUT2D eigenvalue weighted by atomic mass is 16.7. The van der Waals surface area contributed by atoms with E-state index in [0.717, 1.165) is 25.7 Å². The van der Waals surface area contributed by atoms with E-state index in [2.05, 4.69) is 0 Å². The average molecular weight is 298 g/mol. The maximum atomic E-state index is 11.3. The first-order chi connectivity index (χ1) is 10.4. The Morgan fingerprint density at radius 1 is 0.429 bits per heavy atom. The lowest BCUT2D eigenvalue weighted by Crippen LogP contribution is -2.09. The summed E-state index contributed by atoms with van der Waals surface area (Å²) in [5, 5.41) is 0. The van der Waals surface area contributed by atoms with Crippen molar-refractivity contribution in [1.82, 2.24) is 0 Å². The molecule has 0 saturated carbocycles. The van der Waals surface area contributed by atoms with Crippen LogP contribution >= 0.6 is 0 Å². The number of carbonyl (C=O) groups is 1. The van der Waals surface area contributed by atoms with E-state index in [4.69, 9.17) is 9.47 Å². The molecule has 0 aliphatic carbocycles. The smallest absolute Gasteiger partial charge is 0.434 e. The van der Waals surface area contributed by atoms with Crippen LogP contribution in [0.1, 0.15) is 96.3 Å². The van der Waals surface area contributed by atoms with Crippen LogP contribution in [-0.4, -0.2) is 19.4 Å². The Morgan fingerprint density at radius 2 is 0.667 bits per heavy atom. The normalized spacial score (nSPS) is 22.8.